The van der Waals surface area contributed by atoms with E-state index in [1.807, 2.05) is 31.2 Å². The van der Waals surface area contributed by atoms with Crippen molar-refractivity contribution in [1.82, 2.24) is 4.98 Å². The van der Waals surface area contributed by atoms with Gasteiger partial charge < -0.3 is 14.8 Å². The number of rotatable bonds is 5. The van der Waals surface area contributed by atoms with Gasteiger partial charge in [0, 0.05) is 12.1 Å². The van der Waals surface area contributed by atoms with Gasteiger partial charge in [0.05, 0.1) is 12.1 Å². The average molecular weight is 246 g/mol. The number of hydrogen-bond donors (Lipinski definition) is 2. The first kappa shape index (κ1) is 12.2. The highest BCUT2D eigenvalue weighted by Crippen LogP contribution is 2.17. The number of carbonyl (C=O) groups is 1. The van der Waals surface area contributed by atoms with Crippen LogP contribution >= 0.6 is 0 Å². The van der Waals surface area contributed by atoms with Gasteiger partial charge in [0.1, 0.15) is 6.26 Å². The Bertz CT molecular complexity index is 531. The molecule has 1 aromatic heterocycles. The van der Waals surface area contributed by atoms with E-state index < -0.39 is 5.97 Å². The minimum Gasteiger partial charge on any atom is -0.481 e. The first-order valence-corrected chi connectivity index (χ1v) is 5.63. The van der Waals surface area contributed by atoms with Gasteiger partial charge in [0.15, 0.2) is 0 Å². The molecule has 0 saturated carbocycles. The number of carboxylic acid groups (broad SMARTS) is 1. The van der Waals surface area contributed by atoms with E-state index in [2.05, 4.69) is 10.3 Å². The molecule has 2 rings (SSSR count). The summed E-state index contributed by atoms with van der Waals surface area (Å²) in [6.45, 7) is 2.01. The van der Waals surface area contributed by atoms with Crippen LogP contribution in [0.1, 0.15) is 17.7 Å². The van der Waals surface area contributed by atoms with Crippen LogP contribution in [-0.4, -0.2) is 16.1 Å². The molecule has 1 aromatic carbocycles. The monoisotopic (exact) mass is 246 g/mol. The Balaban J connectivity index is 1.97. The summed E-state index contributed by atoms with van der Waals surface area (Å²) in [6.07, 6.45) is 1.89. The molecule has 0 aliphatic heterocycles. The molecule has 1 heterocycles. The number of aryl methyl sites for hydroxylation is 2. The topological polar surface area (TPSA) is 75.4 Å². The molecule has 0 bridgehead atoms. The Hall–Kier alpha value is -2.30. The zero-order valence-electron chi connectivity index (χ0n) is 10.0. The van der Waals surface area contributed by atoms with Crippen LogP contribution in [0.2, 0.25) is 0 Å². The summed E-state index contributed by atoms with van der Waals surface area (Å²) >= 11 is 0. The van der Waals surface area contributed by atoms with E-state index in [9.17, 15) is 4.79 Å². The fraction of sp³-hybridized carbons (Fsp3) is 0.231. The second-order valence-electron chi connectivity index (χ2n) is 4.03. The second-order valence-corrected chi connectivity index (χ2v) is 4.03. The summed E-state index contributed by atoms with van der Waals surface area (Å²) < 4.78 is 5.22. The lowest BCUT2D eigenvalue weighted by molar-refractivity contribution is -0.136. The third kappa shape index (κ3) is 3.35. The summed E-state index contributed by atoms with van der Waals surface area (Å²) in [5.41, 5.74) is 2.69. The van der Waals surface area contributed by atoms with E-state index in [0.717, 1.165) is 5.69 Å². The third-order valence-corrected chi connectivity index (χ3v) is 2.45. The first-order chi connectivity index (χ1) is 8.63. The minimum absolute atomic E-state index is 0.0521. The van der Waals surface area contributed by atoms with Crippen LogP contribution in [0.3, 0.4) is 0 Å². The maximum absolute atomic E-state index is 10.4. The summed E-state index contributed by atoms with van der Waals surface area (Å²) in [6, 6.07) is 8.19. The molecule has 0 amide bonds. The maximum atomic E-state index is 10.4. The van der Waals surface area contributed by atoms with Gasteiger partial charge in [-0.1, -0.05) is 17.7 Å². The van der Waals surface area contributed by atoms with Crippen molar-refractivity contribution in [2.75, 3.05) is 5.32 Å². The molecule has 0 unspecified atom stereocenters. The number of benzene rings is 1. The van der Waals surface area contributed by atoms with Crippen molar-refractivity contribution in [2.24, 2.45) is 0 Å². The van der Waals surface area contributed by atoms with Crippen molar-refractivity contribution in [3.8, 4) is 0 Å². The molecule has 0 aliphatic rings. The number of hydrogen-bond acceptors (Lipinski definition) is 4. The standard InChI is InChI=1S/C13H14N2O3/c1-9-2-4-10(5-3-9)14-13-15-11(8-18-13)6-7-12(16)17/h2-5,8H,6-7H2,1H3,(H,14,15)(H,16,17). The summed E-state index contributed by atoms with van der Waals surface area (Å²) in [5.74, 6) is -0.842. The molecule has 0 spiro atoms. The zero-order chi connectivity index (χ0) is 13.0. The van der Waals surface area contributed by atoms with E-state index in [0.29, 0.717) is 18.1 Å². The fourth-order valence-corrected chi connectivity index (χ4v) is 1.47. The number of aliphatic carboxylic acids is 1. The van der Waals surface area contributed by atoms with Gasteiger partial charge in [-0.05, 0) is 19.1 Å². The molecule has 0 atom stereocenters. The molecular weight excluding hydrogens is 232 g/mol. The maximum Gasteiger partial charge on any atom is 0.303 e. The van der Waals surface area contributed by atoms with Crippen LogP contribution in [0.4, 0.5) is 11.7 Å². The van der Waals surface area contributed by atoms with Gasteiger partial charge >= 0.3 is 5.97 Å². The molecule has 0 aliphatic carbocycles. The van der Waals surface area contributed by atoms with Crippen molar-refractivity contribution >= 4 is 17.7 Å². The Morgan fingerprint density at radius 3 is 2.78 bits per heavy atom. The van der Waals surface area contributed by atoms with Crippen LogP contribution < -0.4 is 5.32 Å². The Morgan fingerprint density at radius 1 is 1.39 bits per heavy atom. The van der Waals surface area contributed by atoms with Gasteiger partial charge in [-0.15, -0.1) is 0 Å². The quantitative estimate of drug-likeness (QED) is 0.848. The summed E-state index contributed by atoms with van der Waals surface area (Å²) in [7, 11) is 0. The van der Waals surface area contributed by atoms with Crippen LogP contribution in [0.25, 0.3) is 0 Å². The number of nitrogens with zero attached hydrogens (tertiary/aromatic N) is 1. The molecule has 5 heteroatoms. The summed E-state index contributed by atoms with van der Waals surface area (Å²) in [4.78, 5) is 14.6. The van der Waals surface area contributed by atoms with Crippen molar-refractivity contribution < 1.29 is 14.3 Å². The lowest BCUT2D eigenvalue weighted by Gasteiger charge is -2.01. The van der Waals surface area contributed by atoms with Crippen LogP contribution in [-0.2, 0) is 11.2 Å². The summed E-state index contributed by atoms with van der Waals surface area (Å²) in [5, 5.41) is 11.6. The van der Waals surface area contributed by atoms with Crippen molar-refractivity contribution in [3.63, 3.8) is 0 Å². The lowest BCUT2D eigenvalue weighted by atomic mass is 10.2. The number of anilines is 2. The molecule has 2 N–H and O–H groups in total. The highest BCUT2D eigenvalue weighted by molar-refractivity contribution is 5.67. The van der Waals surface area contributed by atoms with Gasteiger partial charge in [-0.25, -0.2) is 0 Å². The number of carboxylic acids is 1. The zero-order valence-corrected chi connectivity index (χ0v) is 10.0. The minimum atomic E-state index is -0.842. The van der Waals surface area contributed by atoms with Gasteiger partial charge in [0.2, 0.25) is 0 Å². The third-order valence-electron chi connectivity index (χ3n) is 2.45. The van der Waals surface area contributed by atoms with Crippen LogP contribution in [0.15, 0.2) is 34.9 Å². The molecule has 0 saturated heterocycles. The number of nitrogens with one attached hydrogen (secondary N) is 1. The Kier molecular flexibility index (Phi) is 3.62. The lowest BCUT2D eigenvalue weighted by Crippen LogP contribution is -1.98. The highest BCUT2D eigenvalue weighted by atomic mass is 16.4. The van der Waals surface area contributed by atoms with Gasteiger partial charge in [-0.3, -0.25) is 4.79 Å². The molecule has 2 aromatic rings. The fourth-order valence-electron chi connectivity index (χ4n) is 1.47. The molecule has 5 nitrogen and oxygen atoms in total. The normalized spacial score (nSPS) is 10.3. The van der Waals surface area contributed by atoms with Crippen molar-refractivity contribution in [2.45, 2.75) is 19.8 Å². The van der Waals surface area contributed by atoms with Crippen molar-refractivity contribution in [3.05, 3.63) is 41.8 Å². The smallest absolute Gasteiger partial charge is 0.303 e. The number of oxazole rings is 1. The van der Waals surface area contributed by atoms with E-state index in [-0.39, 0.29) is 6.42 Å². The average Bonchev–Trinajstić information content (AvgIpc) is 2.77. The predicted molar refractivity (Wildman–Crippen MR) is 66.9 cm³/mol. The second kappa shape index (κ2) is 5.35. The molecule has 94 valence electrons. The van der Waals surface area contributed by atoms with Crippen LogP contribution in [0, 0.1) is 6.92 Å². The van der Waals surface area contributed by atoms with Gasteiger partial charge in [0.25, 0.3) is 6.01 Å². The SMILES string of the molecule is Cc1ccc(Nc2nc(CCC(=O)O)co2)cc1. The first-order valence-electron chi connectivity index (χ1n) is 5.63. The molecule has 0 radical (unpaired) electrons. The van der Waals surface area contributed by atoms with E-state index in [1.165, 1.54) is 11.8 Å². The van der Waals surface area contributed by atoms with E-state index in [4.69, 9.17) is 9.52 Å². The number of aromatic nitrogens is 1. The molecule has 0 fully saturated rings. The Morgan fingerprint density at radius 2 is 2.11 bits per heavy atom. The molecule has 18 heavy (non-hydrogen) atoms. The van der Waals surface area contributed by atoms with Crippen molar-refractivity contribution in [1.29, 1.82) is 0 Å². The predicted octanol–water partition coefficient (Wildman–Crippen LogP) is 2.74. The van der Waals surface area contributed by atoms with E-state index >= 15 is 0 Å². The van der Waals surface area contributed by atoms with E-state index in [1.54, 1.807) is 0 Å². The van der Waals surface area contributed by atoms with Crippen LogP contribution in [0.5, 0.6) is 0 Å². The highest BCUT2D eigenvalue weighted by Gasteiger charge is 2.06. The largest absolute Gasteiger partial charge is 0.481 e. The van der Waals surface area contributed by atoms with Gasteiger partial charge in [-0.2, -0.15) is 4.98 Å². The Labute approximate surface area is 104 Å². The molecular formula is C13H14N2O3.